The molecule has 1 N–H and O–H groups in total. The number of hydrogen-bond donors (Lipinski definition) is 1. The summed E-state index contributed by atoms with van der Waals surface area (Å²) in [6.07, 6.45) is 0.309. The van der Waals surface area contributed by atoms with Gasteiger partial charge in [-0.25, -0.2) is 0 Å². The van der Waals surface area contributed by atoms with Crippen LogP contribution in [0.4, 0.5) is 0 Å². The fraction of sp³-hybridized carbons (Fsp3) is 0.100. The normalized spacial score (nSPS) is 9.33. The number of aldehydes is 1. The highest BCUT2D eigenvalue weighted by Crippen LogP contribution is 2.21. The molecular weight excluding hydrogens is 262 g/mol. The van der Waals surface area contributed by atoms with Crippen LogP contribution in [0.1, 0.15) is 21.5 Å². The van der Waals surface area contributed by atoms with E-state index >= 15 is 0 Å². The molecule has 0 saturated carbocycles. The molecule has 0 aliphatic carbocycles. The molecule has 15 heavy (non-hydrogen) atoms. The van der Waals surface area contributed by atoms with Crippen LogP contribution in [0, 0.1) is 11.3 Å². The van der Waals surface area contributed by atoms with Gasteiger partial charge in [-0.2, -0.15) is 5.26 Å². The molecule has 0 amide bonds. The Hall–Kier alpha value is -1.67. The highest BCUT2D eigenvalue weighted by atomic mass is 79.9. The predicted molar refractivity (Wildman–Crippen MR) is 55.6 cm³/mol. The predicted octanol–water partition coefficient (Wildman–Crippen LogP) is 1.76. The summed E-state index contributed by atoms with van der Waals surface area (Å²) in [6, 6.07) is 4.75. The lowest BCUT2D eigenvalue weighted by Gasteiger charge is -2.04. The van der Waals surface area contributed by atoms with Gasteiger partial charge in [-0.3, -0.25) is 9.59 Å². The van der Waals surface area contributed by atoms with Gasteiger partial charge >= 0.3 is 5.97 Å². The molecule has 0 aliphatic rings. The molecule has 0 saturated heterocycles. The molecule has 76 valence electrons. The lowest BCUT2D eigenvalue weighted by molar-refractivity contribution is -0.136. The molecule has 0 unspecified atom stereocenters. The second-order valence-electron chi connectivity index (χ2n) is 2.83. The molecule has 1 rings (SSSR count). The zero-order valence-electron chi connectivity index (χ0n) is 7.53. The standard InChI is InChI=1S/C10H6BrNO3/c11-9-2-6(3-10(14)15)8(5-13)1-7(9)4-12/h1-2,5H,3H2,(H,14,15). The quantitative estimate of drug-likeness (QED) is 0.847. The number of halogens is 1. The Bertz CT molecular complexity index is 462. The summed E-state index contributed by atoms with van der Waals surface area (Å²) in [5, 5.41) is 17.3. The number of carbonyl (C=O) groups excluding carboxylic acids is 1. The van der Waals surface area contributed by atoms with Crippen LogP contribution in [-0.2, 0) is 11.2 Å². The maximum absolute atomic E-state index is 10.7. The number of nitriles is 1. The van der Waals surface area contributed by atoms with E-state index in [0.29, 0.717) is 21.9 Å². The Balaban J connectivity index is 3.28. The summed E-state index contributed by atoms with van der Waals surface area (Å²) < 4.78 is 0.492. The van der Waals surface area contributed by atoms with Gasteiger partial charge in [-0.1, -0.05) is 0 Å². The summed E-state index contributed by atoms with van der Waals surface area (Å²) in [4.78, 5) is 21.2. The van der Waals surface area contributed by atoms with Crippen LogP contribution in [0.25, 0.3) is 0 Å². The average Bonchev–Trinajstić information content (AvgIpc) is 2.17. The third-order valence-corrected chi connectivity index (χ3v) is 2.47. The van der Waals surface area contributed by atoms with E-state index in [1.165, 1.54) is 12.1 Å². The highest BCUT2D eigenvalue weighted by molar-refractivity contribution is 9.10. The van der Waals surface area contributed by atoms with E-state index in [-0.39, 0.29) is 12.0 Å². The fourth-order valence-electron chi connectivity index (χ4n) is 1.14. The van der Waals surface area contributed by atoms with Crippen molar-refractivity contribution in [1.82, 2.24) is 0 Å². The molecule has 4 nitrogen and oxygen atoms in total. The van der Waals surface area contributed by atoms with Crippen molar-refractivity contribution in [2.24, 2.45) is 0 Å². The molecule has 5 heteroatoms. The van der Waals surface area contributed by atoms with Crippen molar-refractivity contribution in [2.45, 2.75) is 6.42 Å². The van der Waals surface area contributed by atoms with Gasteiger partial charge < -0.3 is 5.11 Å². The Labute approximate surface area is 94.3 Å². The molecule has 0 bridgehead atoms. The molecular formula is C10H6BrNO3. The highest BCUT2D eigenvalue weighted by Gasteiger charge is 2.10. The van der Waals surface area contributed by atoms with Crippen molar-refractivity contribution >= 4 is 28.2 Å². The van der Waals surface area contributed by atoms with Crippen molar-refractivity contribution in [3.8, 4) is 6.07 Å². The molecule has 0 fully saturated rings. The maximum atomic E-state index is 10.7. The first-order valence-electron chi connectivity index (χ1n) is 3.98. The average molecular weight is 268 g/mol. The van der Waals surface area contributed by atoms with E-state index < -0.39 is 5.97 Å². The Morgan fingerprint density at radius 3 is 2.73 bits per heavy atom. The topological polar surface area (TPSA) is 78.2 Å². The number of carboxylic acids is 1. The van der Waals surface area contributed by atoms with E-state index in [9.17, 15) is 9.59 Å². The molecule has 1 aromatic rings. The van der Waals surface area contributed by atoms with Crippen molar-refractivity contribution in [3.05, 3.63) is 33.3 Å². The molecule has 0 aliphatic heterocycles. The fourth-order valence-corrected chi connectivity index (χ4v) is 1.62. The second-order valence-corrected chi connectivity index (χ2v) is 3.69. The van der Waals surface area contributed by atoms with Gasteiger partial charge in [-0.15, -0.1) is 0 Å². The summed E-state index contributed by atoms with van der Waals surface area (Å²) in [7, 11) is 0. The van der Waals surface area contributed by atoms with Gasteiger partial charge in [0.15, 0.2) is 0 Å². The zero-order valence-corrected chi connectivity index (χ0v) is 9.11. The molecule has 0 radical (unpaired) electrons. The number of hydrogen-bond acceptors (Lipinski definition) is 3. The van der Waals surface area contributed by atoms with Gasteiger partial charge in [0.25, 0.3) is 0 Å². The molecule has 1 aromatic carbocycles. The van der Waals surface area contributed by atoms with Crippen LogP contribution in [0.15, 0.2) is 16.6 Å². The van der Waals surface area contributed by atoms with Gasteiger partial charge in [0, 0.05) is 10.0 Å². The first-order chi connectivity index (χ1) is 7.08. The van der Waals surface area contributed by atoms with E-state index in [1.54, 1.807) is 0 Å². The second kappa shape index (κ2) is 4.71. The Kier molecular flexibility index (Phi) is 3.58. The van der Waals surface area contributed by atoms with Crippen molar-refractivity contribution in [3.63, 3.8) is 0 Å². The maximum Gasteiger partial charge on any atom is 0.307 e. The minimum absolute atomic E-state index is 0.233. The smallest absolute Gasteiger partial charge is 0.307 e. The van der Waals surface area contributed by atoms with Crippen LogP contribution in [0.5, 0.6) is 0 Å². The van der Waals surface area contributed by atoms with Crippen LogP contribution >= 0.6 is 15.9 Å². The van der Waals surface area contributed by atoms with Crippen LogP contribution < -0.4 is 0 Å². The Morgan fingerprint density at radius 2 is 2.27 bits per heavy atom. The molecule has 0 heterocycles. The summed E-state index contributed by atoms with van der Waals surface area (Å²) in [5.41, 5.74) is 0.937. The lowest BCUT2D eigenvalue weighted by Crippen LogP contribution is -2.04. The van der Waals surface area contributed by atoms with Gasteiger partial charge in [0.1, 0.15) is 12.4 Å². The van der Waals surface area contributed by atoms with Crippen LogP contribution in [0.2, 0.25) is 0 Å². The number of rotatable bonds is 3. The summed E-state index contributed by atoms with van der Waals surface area (Å²) >= 11 is 3.13. The van der Waals surface area contributed by atoms with Gasteiger partial charge in [0.05, 0.1) is 12.0 Å². The third kappa shape index (κ3) is 2.64. The van der Waals surface area contributed by atoms with Crippen molar-refractivity contribution in [2.75, 3.05) is 0 Å². The monoisotopic (exact) mass is 267 g/mol. The minimum Gasteiger partial charge on any atom is -0.481 e. The summed E-state index contributed by atoms with van der Waals surface area (Å²) in [6.45, 7) is 0. The lowest BCUT2D eigenvalue weighted by atomic mass is 10.0. The molecule has 0 aromatic heterocycles. The largest absolute Gasteiger partial charge is 0.481 e. The van der Waals surface area contributed by atoms with Crippen molar-refractivity contribution < 1.29 is 14.7 Å². The summed E-state index contributed by atoms with van der Waals surface area (Å²) in [5.74, 6) is -1.02. The van der Waals surface area contributed by atoms with Crippen LogP contribution in [0.3, 0.4) is 0 Å². The van der Waals surface area contributed by atoms with E-state index in [1.807, 2.05) is 6.07 Å². The first-order valence-corrected chi connectivity index (χ1v) is 4.77. The first kappa shape index (κ1) is 11.4. The van der Waals surface area contributed by atoms with Crippen LogP contribution in [-0.4, -0.2) is 17.4 Å². The zero-order chi connectivity index (χ0) is 11.4. The van der Waals surface area contributed by atoms with Gasteiger partial charge in [0.2, 0.25) is 0 Å². The minimum atomic E-state index is -1.02. The number of aliphatic carboxylic acids is 1. The number of nitrogens with zero attached hydrogens (tertiary/aromatic N) is 1. The molecule has 0 atom stereocenters. The molecule has 0 spiro atoms. The van der Waals surface area contributed by atoms with Gasteiger partial charge in [-0.05, 0) is 33.6 Å². The Morgan fingerprint density at radius 1 is 1.60 bits per heavy atom. The van der Waals surface area contributed by atoms with Crippen molar-refractivity contribution in [1.29, 1.82) is 5.26 Å². The van der Waals surface area contributed by atoms with E-state index in [2.05, 4.69) is 15.9 Å². The third-order valence-electron chi connectivity index (χ3n) is 1.82. The SMILES string of the molecule is N#Cc1cc(C=O)c(CC(=O)O)cc1Br. The number of benzene rings is 1. The number of carbonyl (C=O) groups is 2. The number of carboxylic acid groups (broad SMARTS) is 1. The van der Waals surface area contributed by atoms with E-state index in [0.717, 1.165) is 0 Å². The van der Waals surface area contributed by atoms with E-state index in [4.69, 9.17) is 10.4 Å².